The van der Waals surface area contributed by atoms with Gasteiger partial charge in [-0.25, -0.2) is 0 Å². The Morgan fingerprint density at radius 1 is 0.778 bits per heavy atom. The SMILES string of the molecule is CC(C)(C(=O)Cl)c1ccc(C(C)(C)C(=O)Cl)cc1. The highest BCUT2D eigenvalue weighted by atomic mass is 35.5. The van der Waals surface area contributed by atoms with Gasteiger partial charge in [-0.15, -0.1) is 0 Å². The lowest BCUT2D eigenvalue weighted by molar-refractivity contribution is -0.116. The standard InChI is InChI=1S/C14H16Cl2O2/c1-13(2,11(15)17)9-5-7-10(8-6-9)14(3,4)12(16)18/h5-8H,1-4H3. The van der Waals surface area contributed by atoms with Crippen molar-refractivity contribution in [1.82, 2.24) is 0 Å². The molecule has 1 aromatic carbocycles. The lowest BCUT2D eigenvalue weighted by atomic mass is 9.81. The first-order valence-corrected chi connectivity index (χ1v) is 6.36. The van der Waals surface area contributed by atoms with E-state index < -0.39 is 21.3 Å². The number of benzene rings is 1. The van der Waals surface area contributed by atoms with Crippen LogP contribution in [-0.4, -0.2) is 10.5 Å². The molecular formula is C14H16Cl2O2. The Balaban J connectivity index is 3.16. The Kier molecular flexibility index (Phi) is 4.24. The van der Waals surface area contributed by atoms with E-state index in [0.717, 1.165) is 11.1 Å². The van der Waals surface area contributed by atoms with Gasteiger partial charge in [-0.05, 0) is 62.0 Å². The number of rotatable bonds is 4. The smallest absolute Gasteiger partial charge is 0.231 e. The molecule has 98 valence electrons. The van der Waals surface area contributed by atoms with Gasteiger partial charge < -0.3 is 0 Å². The van der Waals surface area contributed by atoms with E-state index in [9.17, 15) is 9.59 Å². The molecule has 0 saturated carbocycles. The van der Waals surface area contributed by atoms with Gasteiger partial charge in [-0.3, -0.25) is 9.59 Å². The third kappa shape index (κ3) is 2.76. The maximum absolute atomic E-state index is 11.3. The maximum atomic E-state index is 11.3. The molecule has 0 saturated heterocycles. The van der Waals surface area contributed by atoms with Crippen molar-refractivity contribution in [2.45, 2.75) is 38.5 Å². The van der Waals surface area contributed by atoms with Crippen LogP contribution in [0.25, 0.3) is 0 Å². The second-order valence-electron chi connectivity index (χ2n) is 5.37. The van der Waals surface area contributed by atoms with Crippen molar-refractivity contribution < 1.29 is 9.59 Å². The monoisotopic (exact) mass is 286 g/mol. The first-order chi connectivity index (χ1) is 8.10. The Morgan fingerprint density at radius 2 is 1.00 bits per heavy atom. The minimum absolute atomic E-state index is 0.414. The molecule has 0 fully saturated rings. The van der Waals surface area contributed by atoms with E-state index in [1.807, 2.05) is 0 Å². The molecule has 0 heterocycles. The molecule has 0 amide bonds. The summed E-state index contributed by atoms with van der Waals surface area (Å²) in [5.41, 5.74) is 0.137. The molecule has 0 aliphatic carbocycles. The molecule has 0 unspecified atom stereocenters. The topological polar surface area (TPSA) is 34.1 Å². The second kappa shape index (κ2) is 5.02. The van der Waals surface area contributed by atoms with Crippen LogP contribution in [0.2, 0.25) is 0 Å². The van der Waals surface area contributed by atoms with Crippen LogP contribution < -0.4 is 0 Å². The summed E-state index contributed by atoms with van der Waals surface area (Å²) in [6.07, 6.45) is 0. The van der Waals surface area contributed by atoms with Gasteiger partial charge in [0.25, 0.3) is 0 Å². The molecule has 0 aromatic heterocycles. The van der Waals surface area contributed by atoms with Crippen molar-refractivity contribution in [3.05, 3.63) is 35.4 Å². The zero-order valence-electron chi connectivity index (χ0n) is 10.9. The normalized spacial score (nSPS) is 12.3. The van der Waals surface area contributed by atoms with E-state index >= 15 is 0 Å². The predicted molar refractivity (Wildman–Crippen MR) is 74.2 cm³/mol. The van der Waals surface area contributed by atoms with Crippen molar-refractivity contribution in [1.29, 1.82) is 0 Å². The van der Waals surface area contributed by atoms with Gasteiger partial charge in [0, 0.05) is 0 Å². The number of halogens is 2. The van der Waals surface area contributed by atoms with Crippen LogP contribution in [0.15, 0.2) is 24.3 Å². The average molecular weight is 287 g/mol. The van der Waals surface area contributed by atoms with E-state index in [-0.39, 0.29) is 0 Å². The maximum Gasteiger partial charge on any atom is 0.231 e. The van der Waals surface area contributed by atoms with Crippen LogP contribution in [-0.2, 0) is 20.4 Å². The predicted octanol–water partition coefficient (Wildman–Crippen LogP) is 3.77. The molecule has 1 rings (SSSR count). The molecule has 0 bridgehead atoms. The summed E-state index contributed by atoms with van der Waals surface area (Å²) in [6.45, 7) is 7.04. The van der Waals surface area contributed by atoms with Crippen LogP contribution >= 0.6 is 23.2 Å². The molecule has 4 heteroatoms. The highest BCUT2D eigenvalue weighted by molar-refractivity contribution is 6.65. The zero-order chi connectivity index (χ0) is 14.1. The van der Waals surface area contributed by atoms with Crippen molar-refractivity contribution in [3.63, 3.8) is 0 Å². The van der Waals surface area contributed by atoms with Gasteiger partial charge >= 0.3 is 0 Å². The molecule has 0 radical (unpaired) electrons. The van der Waals surface area contributed by atoms with E-state index in [2.05, 4.69) is 0 Å². The van der Waals surface area contributed by atoms with E-state index in [1.165, 1.54) is 0 Å². The van der Waals surface area contributed by atoms with Gasteiger partial charge in [0.2, 0.25) is 10.5 Å². The van der Waals surface area contributed by atoms with Gasteiger partial charge in [0.1, 0.15) is 0 Å². The van der Waals surface area contributed by atoms with E-state index in [4.69, 9.17) is 23.2 Å². The zero-order valence-corrected chi connectivity index (χ0v) is 12.4. The molecule has 0 N–H and O–H groups in total. The summed E-state index contributed by atoms with van der Waals surface area (Å²) in [5, 5.41) is -0.828. The summed E-state index contributed by atoms with van der Waals surface area (Å²) >= 11 is 11.1. The first-order valence-electron chi connectivity index (χ1n) is 5.61. The third-order valence-electron chi connectivity index (χ3n) is 3.31. The Bertz CT molecular complexity index is 428. The van der Waals surface area contributed by atoms with E-state index in [0.29, 0.717) is 0 Å². The van der Waals surface area contributed by atoms with Crippen molar-refractivity contribution >= 4 is 33.7 Å². The lowest BCUT2D eigenvalue weighted by Gasteiger charge is -2.24. The highest BCUT2D eigenvalue weighted by Gasteiger charge is 2.31. The fraction of sp³-hybridized carbons (Fsp3) is 0.429. The number of carbonyl (C=O) groups excluding carboxylic acids is 2. The summed E-state index contributed by atoms with van der Waals surface area (Å²) in [6, 6.07) is 7.21. The van der Waals surface area contributed by atoms with E-state index in [1.54, 1.807) is 52.0 Å². The quantitative estimate of drug-likeness (QED) is 0.790. The Morgan fingerprint density at radius 3 is 1.17 bits per heavy atom. The summed E-state index contributed by atoms with van der Waals surface area (Å²) in [4.78, 5) is 22.7. The molecule has 0 spiro atoms. The van der Waals surface area contributed by atoms with Crippen LogP contribution in [0.3, 0.4) is 0 Å². The Labute approximate surface area is 117 Å². The molecule has 0 aliphatic rings. The first kappa shape index (κ1) is 15.2. The molecule has 2 nitrogen and oxygen atoms in total. The molecule has 18 heavy (non-hydrogen) atoms. The number of carbonyl (C=O) groups is 2. The van der Waals surface area contributed by atoms with Gasteiger partial charge in [0.05, 0.1) is 10.8 Å². The fourth-order valence-electron chi connectivity index (χ4n) is 1.53. The van der Waals surface area contributed by atoms with Crippen LogP contribution in [0.4, 0.5) is 0 Å². The Hall–Kier alpha value is -0.860. The van der Waals surface area contributed by atoms with Gasteiger partial charge in [0.15, 0.2) is 0 Å². The van der Waals surface area contributed by atoms with Gasteiger partial charge in [-0.2, -0.15) is 0 Å². The summed E-state index contributed by atoms with van der Waals surface area (Å²) in [5.74, 6) is 0. The van der Waals surface area contributed by atoms with Crippen molar-refractivity contribution in [2.75, 3.05) is 0 Å². The van der Waals surface area contributed by atoms with Crippen LogP contribution in [0.5, 0.6) is 0 Å². The largest absolute Gasteiger partial charge is 0.280 e. The second-order valence-corrected chi connectivity index (χ2v) is 6.06. The summed E-state index contributed by atoms with van der Waals surface area (Å²) < 4.78 is 0. The molecule has 0 aliphatic heterocycles. The lowest BCUT2D eigenvalue weighted by Crippen LogP contribution is -2.27. The van der Waals surface area contributed by atoms with Gasteiger partial charge in [-0.1, -0.05) is 24.3 Å². The average Bonchev–Trinajstić information content (AvgIpc) is 2.28. The highest BCUT2D eigenvalue weighted by Crippen LogP contribution is 2.30. The van der Waals surface area contributed by atoms with Crippen molar-refractivity contribution in [3.8, 4) is 0 Å². The number of hydrogen-bond acceptors (Lipinski definition) is 2. The molecular weight excluding hydrogens is 271 g/mol. The van der Waals surface area contributed by atoms with Crippen molar-refractivity contribution in [2.24, 2.45) is 0 Å². The van der Waals surface area contributed by atoms with Crippen LogP contribution in [0.1, 0.15) is 38.8 Å². The minimum atomic E-state index is -0.741. The minimum Gasteiger partial charge on any atom is -0.280 e. The molecule has 1 aromatic rings. The third-order valence-corrected chi connectivity index (χ3v) is 4.26. The number of hydrogen-bond donors (Lipinski definition) is 0. The van der Waals surface area contributed by atoms with Crippen LogP contribution in [0, 0.1) is 0 Å². The fourth-order valence-corrected chi connectivity index (χ4v) is 1.75. The molecule has 0 atom stereocenters. The summed E-state index contributed by atoms with van der Waals surface area (Å²) in [7, 11) is 0.